The Morgan fingerprint density at radius 3 is 2.92 bits per heavy atom. The molecular weight excluding hydrogens is 341 g/mol. The fraction of sp³-hybridized carbons (Fsp3) is 0.200. The summed E-state index contributed by atoms with van der Waals surface area (Å²) < 4.78 is 2.32. The van der Waals surface area contributed by atoms with Crippen LogP contribution >= 0.6 is 38.5 Å². The van der Waals surface area contributed by atoms with Gasteiger partial charge in [0.1, 0.15) is 0 Å². The van der Waals surface area contributed by atoms with Gasteiger partial charge in [-0.15, -0.1) is 0 Å². The Bertz CT molecular complexity index is 323. The minimum atomic E-state index is 0.826. The van der Waals surface area contributed by atoms with Crippen molar-refractivity contribution >= 4 is 44.2 Å². The standard InChI is InChI=1S/C10H11BrIN/c1-7(2)6-13-10-5-8(11)3-4-9(10)12/h3-5,13H,1,6H2,2H3. The first-order valence-electron chi connectivity index (χ1n) is 3.93. The quantitative estimate of drug-likeness (QED) is 0.640. The van der Waals surface area contributed by atoms with Crippen molar-refractivity contribution in [2.24, 2.45) is 0 Å². The van der Waals surface area contributed by atoms with Crippen LogP contribution < -0.4 is 5.32 Å². The highest BCUT2D eigenvalue weighted by molar-refractivity contribution is 14.1. The van der Waals surface area contributed by atoms with Crippen molar-refractivity contribution in [1.29, 1.82) is 0 Å². The van der Waals surface area contributed by atoms with Crippen LogP contribution in [0, 0.1) is 3.57 Å². The smallest absolute Gasteiger partial charge is 0.0489 e. The summed E-state index contributed by atoms with van der Waals surface area (Å²) in [5, 5.41) is 3.32. The molecule has 0 spiro atoms. The van der Waals surface area contributed by atoms with Gasteiger partial charge in [0.15, 0.2) is 0 Å². The van der Waals surface area contributed by atoms with Gasteiger partial charge >= 0.3 is 0 Å². The van der Waals surface area contributed by atoms with E-state index in [2.05, 4.69) is 62.5 Å². The number of benzene rings is 1. The van der Waals surface area contributed by atoms with Crippen LogP contribution in [-0.2, 0) is 0 Å². The van der Waals surface area contributed by atoms with E-state index in [1.165, 1.54) is 3.57 Å². The number of hydrogen-bond acceptors (Lipinski definition) is 1. The van der Waals surface area contributed by atoms with Crippen LogP contribution in [0.15, 0.2) is 34.8 Å². The Kier molecular flexibility index (Phi) is 4.25. The van der Waals surface area contributed by atoms with Crippen LogP contribution in [0.25, 0.3) is 0 Å². The summed E-state index contributed by atoms with van der Waals surface area (Å²) in [7, 11) is 0. The average molecular weight is 352 g/mol. The molecule has 1 N–H and O–H groups in total. The molecule has 1 aromatic rings. The molecule has 0 unspecified atom stereocenters. The van der Waals surface area contributed by atoms with Gasteiger partial charge in [-0.1, -0.05) is 28.1 Å². The second kappa shape index (κ2) is 5.00. The lowest BCUT2D eigenvalue weighted by Gasteiger charge is -2.08. The van der Waals surface area contributed by atoms with E-state index in [0.717, 1.165) is 22.3 Å². The molecule has 0 saturated heterocycles. The summed E-state index contributed by atoms with van der Waals surface area (Å²) in [6.07, 6.45) is 0. The fourth-order valence-corrected chi connectivity index (χ4v) is 1.77. The first-order chi connectivity index (χ1) is 6.09. The van der Waals surface area contributed by atoms with E-state index >= 15 is 0 Å². The van der Waals surface area contributed by atoms with Crippen molar-refractivity contribution < 1.29 is 0 Å². The van der Waals surface area contributed by atoms with Crippen molar-refractivity contribution in [3.8, 4) is 0 Å². The molecule has 0 aliphatic heterocycles. The summed E-state index contributed by atoms with van der Waals surface area (Å²) in [4.78, 5) is 0. The van der Waals surface area contributed by atoms with E-state index < -0.39 is 0 Å². The molecule has 0 atom stereocenters. The molecule has 13 heavy (non-hydrogen) atoms. The van der Waals surface area contributed by atoms with E-state index in [1.54, 1.807) is 0 Å². The van der Waals surface area contributed by atoms with E-state index in [0.29, 0.717) is 0 Å². The van der Waals surface area contributed by atoms with Gasteiger partial charge < -0.3 is 5.32 Å². The molecule has 0 saturated carbocycles. The molecule has 0 heterocycles. The molecule has 0 fully saturated rings. The largest absolute Gasteiger partial charge is 0.380 e. The lowest BCUT2D eigenvalue weighted by Crippen LogP contribution is -2.03. The molecule has 0 amide bonds. The Hall–Kier alpha value is -0.0300. The second-order valence-electron chi connectivity index (χ2n) is 2.93. The summed E-state index contributed by atoms with van der Waals surface area (Å²) in [5.74, 6) is 0. The normalized spacial score (nSPS) is 9.77. The molecule has 0 aromatic heterocycles. The fourth-order valence-electron chi connectivity index (χ4n) is 0.879. The minimum absolute atomic E-state index is 0.826. The third-order valence-corrected chi connectivity index (χ3v) is 2.94. The lowest BCUT2D eigenvalue weighted by molar-refractivity contribution is 1.21. The lowest BCUT2D eigenvalue weighted by atomic mass is 10.3. The maximum atomic E-state index is 3.85. The minimum Gasteiger partial charge on any atom is -0.380 e. The first-order valence-corrected chi connectivity index (χ1v) is 5.80. The van der Waals surface area contributed by atoms with E-state index in [-0.39, 0.29) is 0 Å². The van der Waals surface area contributed by atoms with Gasteiger partial charge in [0, 0.05) is 20.3 Å². The van der Waals surface area contributed by atoms with Gasteiger partial charge in [-0.3, -0.25) is 0 Å². The van der Waals surface area contributed by atoms with Gasteiger partial charge in [0.2, 0.25) is 0 Å². The highest BCUT2D eigenvalue weighted by Gasteiger charge is 1.98. The summed E-state index contributed by atoms with van der Waals surface area (Å²) in [6.45, 7) is 6.68. The zero-order valence-electron chi connectivity index (χ0n) is 7.40. The molecule has 70 valence electrons. The van der Waals surface area contributed by atoms with Crippen LogP contribution in [0.1, 0.15) is 6.92 Å². The van der Waals surface area contributed by atoms with Crippen LogP contribution in [0.3, 0.4) is 0 Å². The van der Waals surface area contributed by atoms with Crippen LogP contribution in [0.5, 0.6) is 0 Å². The molecule has 0 aliphatic rings. The van der Waals surface area contributed by atoms with Gasteiger partial charge in [-0.2, -0.15) is 0 Å². The highest BCUT2D eigenvalue weighted by Crippen LogP contribution is 2.22. The second-order valence-corrected chi connectivity index (χ2v) is 5.01. The summed E-state index contributed by atoms with van der Waals surface area (Å²) in [6, 6.07) is 6.18. The van der Waals surface area contributed by atoms with Crippen molar-refractivity contribution in [3.05, 3.63) is 38.4 Å². The Balaban J connectivity index is 2.75. The Labute approximate surface area is 101 Å². The predicted octanol–water partition coefficient (Wildman–Crippen LogP) is 4.04. The van der Waals surface area contributed by atoms with E-state index in [9.17, 15) is 0 Å². The van der Waals surface area contributed by atoms with Crippen LogP contribution in [-0.4, -0.2) is 6.54 Å². The first kappa shape index (κ1) is 11.0. The summed E-state index contributed by atoms with van der Waals surface area (Å²) >= 11 is 5.75. The van der Waals surface area contributed by atoms with Crippen LogP contribution in [0.4, 0.5) is 5.69 Å². The summed E-state index contributed by atoms with van der Waals surface area (Å²) in [5.41, 5.74) is 2.29. The SMILES string of the molecule is C=C(C)CNc1cc(Br)ccc1I. The molecule has 0 radical (unpaired) electrons. The van der Waals surface area contributed by atoms with Gasteiger partial charge in [0.05, 0.1) is 0 Å². The zero-order valence-corrected chi connectivity index (χ0v) is 11.1. The maximum Gasteiger partial charge on any atom is 0.0489 e. The highest BCUT2D eigenvalue weighted by atomic mass is 127. The van der Waals surface area contributed by atoms with Crippen molar-refractivity contribution in [3.63, 3.8) is 0 Å². The maximum absolute atomic E-state index is 3.85. The Morgan fingerprint density at radius 2 is 2.31 bits per heavy atom. The molecule has 1 rings (SSSR count). The number of hydrogen-bond donors (Lipinski definition) is 1. The Morgan fingerprint density at radius 1 is 1.62 bits per heavy atom. The van der Waals surface area contributed by atoms with Crippen molar-refractivity contribution in [2.45, 2.75) is 6.92 Å². The molecule has 3 heteroatoms. The van der Waals surface area contributed by atoms with Crippen LogP contribution in [0.2, 0.25) is 0 Å². The number of rotatable bonds is 3. The van der Waals surface area contributed by atoms with Crippen molar-refractivity contribution in [2.75, 3.05) is 11.9 Å². The topological polar surface area (TPSA) is 12.0 Å². The zero-order chi connectivity index (χ0) is 9.84. The van der Waals surface area contributed by atoms with Crippen molar-refractivity contribution in [1.82, 2.24) is 0 Å². The van der Waals surface area contributed by atoms with E-state index in [1.807, 2.05) is 13.0 Å². The molecule has 1 nitrogen and oxygen atoms in total. The number of nitrogens with one attached hydrogen (secondary N) is 1. The monoisotopic (exact) mass is 351 g/mol. The predicted molar refractivity (Wildman–Crippen MR) is 70.2 cm³/mol. The number of anilines is 1. The van der Waals surface area contributed by atoms with Gasteiger partial charge in [0.25, 0.3) is 0 Å². The van der Waals surface area contributed by atoms with Gasteiger partial charge in [-0.25, -0.2) is 0 Å². The average Bonchev–Trinajstić information content (AvgIpc) is 2.06. The molecular formula is C10H11BrIN. The molecule has 1 aromatic carbocycles. The number of halogens is 2. The van der Waals surface area contributed by atoms with Gasteiger partial charge in [-0.05, 0) is 47.7 Å². The third-order valence-electron chi connectivity index (χ3n) is 1.51. The third kappa shape index (κ3) is 3.68. The van der Waals surface area contributed by atoms with E-state index in [4.69, 9.17) is 0 Å². The molecule has 0 bridgehead atoms. The molecule has 0 aliphatic carbocycles.